The first-order valence-corrected chi connectivity index (χ1v) is 15.7. The summed E-state index contributed by atoms with van der Waals surface area (Å²) in [5, 5.41) is 9.04. The van der Waals surface area contributed by atoms with E-state index in [1.165, 1.54) is 7.11 Å². The van der Waals surface area contributed by atoms with Crippen molar-refractivity contribution < 1.29 is 42.3 Å². The first-order valence-electron chi connectivity index (χ1n) is 15.7. The number of rotatable bonds is 12. The van der Waals surface area contributed by atoms with E-state index in [-0.39, 0.29) is 198 Å². The lowest BCUT2D eigenvalue weighted by Crippen LogP contribution is -2.54. The zero-order valence-corrected chi connectivity index (χ0v) is 45.2. The van der Waals surface area contributed by atoms with Gasteiger partial charge in [0.25, 0.3) is 0 Å². The summed E-state index contributed by atoms with van der Waals surface area (Å²) in [6.07, 6.45) is -4.66. The molecule has 7 nitrogen and oxygen atoms in total. The van der Waals surface area contributed by atoms with Crippen molar-refractivity contribution in [3.05, 3.63) is 71.8 Å². The number of halogens is 2. The van der Waals surface area contributed by atoms with Gasteiger partial charge in [-0.05, 0) is 41.2 Å². The summed E-state index contributed by atoms with van der Waals surface area (Å²) < 4.78 is 62.3. The summed E-state index contributed by atoms with van der Waals surface area (Å²) in [7, 11) is 3.11. The lowest BCUT2D eigenvalue weighted by molar-refractivity contribution is -0.285. The second kappa shape index (κ2) is 43.9. The number of hydrogen-bond donors (Lipinski definition) is 1. The van der Waals surface area contributed by atoms with Crippen LogP contribution in [0.25, 0.3) is 0 Å². The van der Waals surface area contributed by atoms with E-state index in [0.29, 0.717) is 19.6 Å². The minimum absolute atomic E-state index is 0. The van der Waals surface area contributed by atoms with E-state index in [1.54, 1.807) is 7.11 Å². The zero-order valence-electron chi connectivity index (χ0n) is 33.2. The minimum atomic E-state index is -1.41. The molecule has 2 aliphatic rings. The van der Waals surface area contributed by atoms with Crippen molar-refractivity contribution in [3.8, 4) is 0 Å². The van der Waals surface area contributed by atoms with Crippen molar-refractivity contribution >= 4 is 162 Å². The Morgan fingerprint density at radius 3 is 1.11 bits per heavy atom. The fourth-order valence-corrected chi connectivity index (χ4v) is 5.94. The van der Waals surface area contributed by atoms with Crippen molar-refractivity contribution in [2.24, 2.45) is 23.7 Å². The van der Waals surface area contributed by atoms with E-state index in [1.807, 2.05) is 88.4 Å². The third-order valence-corrected chi connectivity index (χ3v) is 9.16. The Bertz CT molecular complexity index is 1000. The van der Waals surface area contributed by atoms with Crippen LogP contribution in [0.4, 0.5) is 8.78 Å². The SMILES string of the molecule is CC[C@H](F)C1O[C@H](OC)C(OCc2ccccc2)[C@@H](C)[C@@H]1C.CO[C@H]1OC([C@@H](F)CO)[C@@H](C)[C@H](C)C1OCc1ccccc1.S.S.S.S.S.S.S.S.S.S.S.S. The molecule has 4 unspecified atom stereocenters. The summed E-state index contributed by atoms with van der Waals surface area (Å²) >= 11 is 0. The summed E-state index contributed by atoms with van der Waals surface area (Å²) in [5.74, 6) is 0.228. The van der Waals surface area contributed by atoms with Crippen molar-refractivity contribution in [2.75, 3.05) is 20.8 Å². The van der Waals surface area contributed by atoms with E-state index in [2.05, 4.69) is 6.92 Å². The number of hydrogen-bond acceptors (Lipinski definition) is 7. The predicted octanol–water partition coefficient (Wildman–Crippen LogP) is 7.86. The standard InChI is InChI=1S/C18H27FO3.C17H25FO4.12H2S/c1-5-15(19)16-12(2)13(3)17(18(20-4)22-16)21-11-14-9-7-6-8-10-14;1-11-12(2)16(21-10-13-7-5-4-6-8-13)17(20-3)22-15(11)14(18)9-19;;;;;;;;;;;;/h6-10,12-13,15-18H,5,11H2,1-4H3;4-8,11-12,14-17,19H,9-10H2,1-3H3;12*1H2/t12-,13-,15-,16?,17?,18-;11-,12-,14-,15?,16?,17-;;;;;;;;;;;;/m00............/s1. The van der Waals surface area contributed by atoms with E-state index >= 15 is 0 Å². The Labute approximate surface area is 420 Å². The van der Waals surface area contributed by atoms with Crippen LogP contribution >= 0.6 is 162 Å². The molecule has 0 bridgehead atoms. The summed E-state index contributed by atoms with van der Waals surface area (Å²) in [4.78, 5) is 0. The average molecular weight is 1030 g/mol. The van der Waals surface area contributed by atoms with Crippen LogP contribution in [0.5, 0.6) is 0 Å². The fourth-order valence-electron chi connectivity index (χ4n) is 5.94. The Kier molecular flexibility index (Phi) is 64.2. The molecule has 56 heavy (non-hydrogen) atoms. The van der Waals surface area contributed by atoms with Gasteiger partial charge in [-0.2, -0.15) is 162 Å². The van der Waals surface area contributed by atoms with Crippen molar-refractivity contribution in [2.45, 2.75) is 104 Å². The average Bonchev–Trinajstić information content (AvgIpc) is 3.06. The van der Waals surface area contributed by atoms with Crippen molar-refractivity contribution in [1.29, 1.82) is 0 Å². The predicted molar refractivity (Wildman–Crippen MR) is 290 cm³/mol. The molecule has 0 aliphatic carbocycles. The van der Waals surface area contributed by atoms with Gasteiger partial charge >= 0.3 is 0 Å². The Morgan fingerprint density at radius 1 is 0.536 bits per heavy atom. The molecule has 344 valence electrons. The second-order valence-electron chi connectivity index (χ2n) is 12.0. The second-order valence-corrected chi connectivity index (χ2v) is 12.0. The van der Waals surface area contributed by atoms with Gasteiger partial charge in [0, 0.05) is 14.2 Å². The van der Waals surface area contributed by atoms with E-state index in [0.717, 1.165) is 11.1 Å². The van der Waals surface area contributed by atoms with Crippen LogP contribution in [0, 0.1) is 23.7 Å². The van der Waals surface area contributed by atoms with E-state index < -0.39 is 43.7 Å². The van der Waals surface area contributed by atoms with Gasteiger partial charge in [0.05, 0.1) is 32.0 Å². The molecule has 0 radical (unpaired) electrons. The molecule has 0 amide bonds. The number of aliphatic hydroxyl groups excluding tert-OH is 1. The van der Waals surface area contributed by atoms with E-state index in [4.69, 9.17) is 33.5 Å². The molecule has 2 heterocycles. The molecule has 4 rings (SSSR count). The minimum Gasteiger partial charge on any atom is -0.393 e. The summed E-state index contributed by atoms with van der Waals surface area (Å²) in [5.41, 5.74) is 2.18. The van der Waals surface area contributed by atoms with Gasteiger partial charge in [0.2, 0.25) is 0 Å². The number of aliphatic hydroxyl groups is 1. The van der Waals surface area contributed by atoms with E-state index in [9.17, 15) is 8.78 Å². The Balaban J connectivity index is -0.0000000778. The molecular weight excluding hydrogens is 955 g/mol. The third-order valence-electron chi connectivity index (χ3n) is 9.16. The van der Waals surface area contributed by atoms with Gasteiger partial charge in [-0.3, -0.25) is 0 Å². The zero-order chi connectivity index (χ0) is 32.2. The van der Waals surface area contributed by atoms with Crippen LogP contribution in [0.15, 0.2) is 60.7 Å². The lowest BCUT2D eigenvalue weighted by atomic mass is 9.81. The summed E-state index contributed by atoms with van der Waals surface area (Å²) in [6, 6.07) is 19.9. The molecule has 2 aromatic rings. The Morgan fingerprint density at radius 2 is 0.839 bits per heavy atom. The van der Waals surface area contributed by atoms with Gasteiger partial charge in [0.1, 0.15) is 24.6 Å². The van der Waals surface area contributed by atoms with Crippen LogP contribution in [0.1, 0.15) is 52.2 Å². The van der Waals surface area contributed by atoms with Crippen LogP contribution in [-0.2, 0) is 41.6 Å². The molecule has 2 fully saturated rings. The maximum absolute atomic E-state index is 14.1. The number of ether oxygens (including phenoxy) is 6. The highest BCUT2D eigenvalue weighted by molar-refractivity contribution is 7.60. The fraction of sp³-hybridized carbons (Fsp3) is 0.657. The molecule has 0 saturated carbocycles. The topological polar surface area (TPSA) is 75.6 Å². The third kappa shape index (κ3) is 24.2. The molecule has 21 heteroatoms. The van der Waals surface area contributed by atoms with Gasteiger partial charge in [-0.1, -0.05) is 95.3 Å². The monoisotopic (exact) mass is 1030 g/mol. The number of benzene rings is 2. The summed E-state index contributed by atoms with van der Waals surface area (Å²) in [6.45, 7) is 10.3. The lowest BCUT2D eigenvalue weighted by Gasteiger charge is -2.44. The first-order chi connectivity index (χ1) is 21.2. The molecule has 0 aromatic heterocycles. The Hall–Kier alpha value is 2.22. The number of alkyl halides is 2. The van der Waals surface area contributed by atoms with Gasteiger partial charge in [0.15, 0.2) is 12.6 Å². The molecule has 0 spiro atoms. The van der Waals surface area contributed by atoms with Gasteiger partial charge in [-0.15, -0.1) is 0 Å². The van der Waals surface area contributed by atoms with Crippen molar-refractivity contribution in [1.82, 2.24) is 0 Å². The van der Waals surface area contributed by atoms with Gasteiger partial charge < -0.3 is 33.5 Å². The molecule has 2 aliphatic heterocycles. The smallest absolute Gasteiger partial charge is 0.184 e. The maximum Gasteiger partial charge on any atom is 0.184 e. The molecule has 2 saturated heterocycles. The van der Waals surface area contributed by atoms with Crippen LogP contribution < -0.4 is 0 Å². The van der Waals surface area contributed by atoms with Crippen LogP contribution in [0.3, 0.4) is 0 Å². The van der Waals surface area contributed by atoms with Crippen LogP contribution in [-0.4, -0.2) is 75.3 Å². The highest BCUT2D eigenvalue weighted by Gasteiger charge is 2.46. The molecule has 1 N–H and O–H groups in total. The molecule has 12 atom stereocenters. The first kappa shape index (κ1) is 82.0. The number of methoxy groups -OCH3 is 2. The molecular formula is C35H76F2O7S12. The highest BCUT2D eigenvalue weighted by Crippen LogP contribution is 2.37. The maximum atomic E-state index is 14.1. The molecule has 2 aromatic carbocycles. The van der Waals surface area contributed by atoms with Crippen LogP contribution in [0.2, 0.25) is 0 Å². The quantitative estimate of drug-likeness (QED) is 0.232. The van der Waals surface area contributed by atoms with Crippen molar-refractivity contribution in [3.63, 3.8) is 0 Å². The largest absolute Gasteiger partial charge is 0.393 e. The normalized spacial score (nSPS) is 26.4. The van der Waals surface area contributed by atoms with Gasteiger partial charge in [-0.25, -0.2) is 8.78 Å². The highest BCUT2D eigenvalue weighted by atomic mass is 32.1.